The number of halogens is 1. The van der Waals surface area contributed by atoms with Gasteiger partial charge in [0.2, 0.25) is 0 Å². The maximum absolute atomic E-state index is 12.1. The lowest BCUT2D eigenvalue weighted by molar-refractivity contribution is -0.121. The Balaban J connectivity index is 0.00000243. The standard InChI is InChI=1S/C18H26N4O2S.HI/c1-19-18(21-12-14-6-4-11-25-14)20-9-5-10-22-15-7-2-3-8-16(15)24-13-17(22)23;/h2-3,7-8,14H,4-6,9-13H2,1H3,(H2,19,20,21);1H. The van der Waals surface area contributed by atoms with Gasteiger partial charge in [-0.25, -0.2) is 0 Å². The second-order valence-electron chi connectivity index (χ2n) is 6.17. The first-order valence-electron chi connectivity index (χ1n) is 8.86. The van der Waals surface area contributed by atoms with Gasteiger partial charge in [0, 0.05) is 31.9 Å². The molecule has 144 valence electrons. The number of nitrogens with one attached hydrogen (secondary N) is 2. The lowest BCUT2D eigenvalue weighted by Crippen LogP contribution is -2.43. The highest BCUT2D eigenvalue weighted by Gasteiger charge is 2.24. The molecular formula is C18H27IN4O2S. The summed E-state index contributed by atoms with van der Waals surface area (Å²) in [5.41, 5.74) is 0.861. The number of benzene rings is 1. The molecule has 2 heterocycles. The highest BCUT2D eigenvalue weighted by atomic mass is 127. The van der Waals surface area contributed by atoms with Crippen LogP contribution in [0.25, 0.3) is 0 Å². The Morgan fingerprint density at radius 2 is 2.23 bits per heavy atom. The average molecular weight is 490 g/mol. The zero-order chi connectivity index (χ0) is 17.5. The lowest BCUT2D eigenvalue weighted by Gasteiger charge is -2.29. The van der Waals surface area contributed by atoms with Crippen molar-refractivity contribution in [3.8, 4) is 5.75 Å². The van der Waals surface area contributed by atoms with Gasteiger partial charge in [-0.3, -0.25) is 9.79 Å². The van der Waals surface area contributed by atoms with Gasteiger partial charge in [0.25, 0.3) is 5.91 Å². The maximum Gasteiger partial charge on any atom is 0.265 e. The Morgan fingerprint density at radius 3 is 3.00 bits per heavy atom. The van der Waals surface area contributed by atoms with Crippen molar-refractivity contribution in [3.05, 3.63) is 24.3 Å². The van der Waals surface area contributed by atoms with Gasteiger partial charge >= 0.3 is 0 Å². The van der Waals surface area contributed by atoms with E-state index in [1.54, 1.807) is 7.05 Å². The summed E-state index contributed by atoms with van der Waals surface area (Å²) in [7, 11) is 1.79. The number of nitrogens with zero attached hydrogens (tertiary/aromatic N) is 2. The summed E-state index contributed by atoms with van der Waals surface area (Å²) in [4.78, 5) is 18.2. The molecule has 1 unspecified atom stereocenters. The number of guanidine groups is 1. The number of amides is 1. The quantitative estimate of drug-likeness (QED) is 0.278. The van der Waals surface area contributed by atoms with Crippen LogP contribution < -0.4 is 20.3 Å². The number of hydrogen-bond acceptors (Lipinski definition) is 4. The van der Waals surface area contributed by atoms with Gasteiger partial charge in [-0.05, 0) is 37.1 Å². The molecule has 1 amide bonds. The molecule has 1 aromatic carbocycles. The fourth-order valence-electron chi connectivity index (χ4n) is 3.08. The van der Waals surface area contributed by atoms with Crippen LogP contribution in [0.4, 0.5) is 5.69 Å². The number of fused-ring (bicyclic) bond motifs is 1. The Hall–Kier alpha value is -1.16. The normalized spacial score (nSPS) is 19.4. The van der Waals surface area contributed by atoms with E-state index < -0.39 is 0 Å². The molecule has 1 fully saturated rings. The van der Waals surface area contributed by atoms with Gasteiger partial charge in [0.1, 0.15) is 5.75 Å². The fourth-order valence-corrected chi connectivity index (χ4v) is 4.28. The number of aliphatic imine (C=N–C) groups is 1. The topological polar surface area (TPSA) is 66.0 Å². The number of rotatable bonds is 6. The van der Waals surface area contributed by atoms with E-state index in [-0.39, 0.29) is 36.5 Å². The highest BCUT2D eigenvalue weighted by Crippen LogP contribution is 2.31. The number of carbonyl (C=O) groups is 1. The van der Waals surface area contributed by atoms with Gasteiger partial charge in [-0.1, -0.05) is 12.1 Å². The van der Waals surface area contributed by atoms with Crippen LogP contribution in [-0.4, -0.2) is 56.2 Å². The molecule has 3 rings (SSSR count). The van der Waals surface area contributed by atoms with Crippen molar-refractivity contribution in [3.63, 3.8) is 0 Å². The van der Waals surface area contributed by atoms with Crippen LogP contribution in [0, 0.1) is 0 Å². The van der Waals surface area contributed by atoms with Crippen molar-refractivity contribution < 1.29 is 9.53 Å². The summed E-state index contributed by atoms with van der Waals surface area (Å²) in [5, 5.41) is 7.42. The molecule has 8 heteroatoms. The lowest BCUT2D eigenvalue weighted by atomic mass is 10.2. The third kappa shape index (κ3) is 5.67. The van der Waals surface area contributed by atoms with Crippen molar-refractivity contribution in [2.75, 3.05) is 43.9 Å². The minimum absolute atomic E-state index is 0. The Bertz CT molecular complexity index is 623. The number of carbonyl (C=O) groups excluding carboxylic acids is 1. The van der Waals surface area contributed by atoms with E-state index in [0.29, 0.717) is 11.8 Å². The molecule has 0 radical (unpaired) electrons. The van der Waals surface area contributed by atoms with Crippen LogP contribution in [0.15, 0.2) is 29.3 Å². The second-order valence-corrected chi connectivity index (χ2v) is 7.58. The molecule has 0 saturated carbocycles. The van der Waals surface area contributed by atoms with Crippen molar-refractivity contribution in [1.82, 2.24) is 10.6 Å². The molecular weight excluding hydrogens is 463 g/mol. The van der Waals surface area contributed by atoms with E-state index in [4.69, 9.17) is 4.74 Å². The third-order valence-electron chi connectivity index (χ3n) is 4.40. The molecule has 1 saturated heterocycles. The van der Waals surface area contributed by atoms with Crippen molar-refractivity contribution >= 4 is 53.3 Å². The minimum atomic E-state index is 0. The predicted molar refractivity (Wildman–Crippen MR) is 119 cm³/mol. The van der Waals surface area contributed by atoms with Gasteiger partial charge in [-0.2, -0.15) is 11.8 Å². The van der Waals surface area contributed by atoms with E-state index in [1.165, 1.54) is 18.6 Å². The third-order valence-corrected chi connectivity index (χ3v) is 5.80. The zero-order valence-corrected chi connectivity index (χ0v) is 18.2. The van der Waals surface area contributed by atoms with Gasteiger partial charge in [0.15, 0.2) is 12.6 Å². The monoisotopic (exact) mass is 490 g/mol. The van der Waals surface area contributed by atoms with E-state index in [0.717, 1.165) is 36.9 Å². The van der Waals surface area contributed by atoms with Crippen LogP contribution in [0.3, 0.4) is 0 Å². The van der Waals surface area contributed by atoms with E-state index in [1.807, 2.05) is 40.9 Å². The van der Waals surface area contributed by atoms with E-state index in [2.05, 4.69) is 15.6 Å². The first kappa shape index (κ1) is 21.1. The summed E-state index contributed by atoms with van der Waals surface area (Å²) < 4.78 is 5.47. The number of anilines is 1. The van der Waals surface area contributed by atoms with Gasteiger partial charge in [-0.15, -0.1) is 24.0 Å². The molecule has 2 N–H and O–H groups in total. The Morgan fingerprint density at radius 1 is 1.38 bits per heavy atom. The zero-order valence-electron chi connectivity index (χ0n) is 15.1. The summed E-state index contributed by atoms with van der Waals surface area (Å²) >= 11 is 2.03. The first-order chi connectivity index (χ1) is 12.3. The SMILES string of the molecule is CN=C(NCCCN1C(=O)COc2ccccc21)NCC1CCCS1.I. The van der Waals surface area contributed by atoms with E-state index in [9.17, 15) is 4.79 Å². The molecule has 2 aliphatic heterocycles. The number of thioether (sulfide) groups is 1. The molecule has 1 atom stereocenters. The molecule has 0 aliphatic carbocycles. The molecule has 6 nitrogen and oxygen atoms in total. The van der Waals surface area contributed by atoms with Crippen molar-refractivity contribution in [2.24, 2.45) is 4.99 Å². The minimum Gasteiger partial charge on any atom is -0.482 e. The number of hydrogen-bond donors (Lipinski definition) is 2. The fraction of sp³-hybridized carbons (Fsp3) is 0.556. The van der Waals surface area contributed by atoms with Crippen LogP contribution in [0.2, 0.25) is 0 Å². The summed E-state index contributed by atoms with van der Waals surface area (Å²) in [6.45, 7) is 2.51. The largest absolute Gasteiger partial charge is 0.482 e. The molecule has 0 spiro atoms. The molecule has 26 heavy (non-hydrogen) atoms. The van der Waals surface area contributed by atoms with Crippen molar-refractivity contribution in [1.29, 1.82) is 0 Å². The smallest absolute Gasteiger partial charge is 0.265 e. The van der Waals surface area contributed by atoms with Crippen LogP contribution in [0.1, 0.15) is 19.3 Å². The van der Waals surface area contributed by atoms with Gasteiger partial charge < -0.3 is 20.3 Å². The summed E-state index contributed by atoms with van der Waals surface area (Å²) in [6.07, 6.45) is 3.45. The second kappa shape index (κ2) is 10.9. The average Bonchev–Trinajstić information content (AvgIpc) is 3.16. The van der Waals surface area contributed by atoms with Crippen molar-refractivity contribution in [2.45, 2.75) is 24.5 Å². The molecule has 0 bridgehead atoms. The summed E-state index contributed by atoms with van der Waals surface area (Å²) in [6, 6.07) is 7.69. The van der Waals surface area contributed by atoms with Crippen LogP contribution in [-0.2, 0) is 4.79 Å². The first-order valence-corrected chi connectivity index (χ1v) is 9.91. The Kier molecular flexibility index (Phi) is 8.83. The Labute approximate surface area is 176 Å². The molecule has 1 aromatic rings. The molecule has 0 aromatic heterocycles. The van der Waals surface area contributed by atoms with E-state index >= 15 is 0 Å². The molecule has 2 aliphatic rings. The van der Waals surface area contributed by atoms with Gasteiger partial charge in [0.05, 0.1) is 5.69 Å². The van der Waals surface area contributed by atoms with Crippen LogP contribution in [0.5, 0.6) is 5.75 Å². The van der Waals surface area contributed by atoms with Crippen LogP contribution >= 0.6 is 35.7 Å². The number of para-hydroxylation sites is 2. The predicted octanol–water partition coefficient (Wildman–Crippen LogP) is 2.48. The highest BCUT2D eigenvalue weighted by molar-refractivity contribution is 14.0. The summed E-state index contributed by atoms with van der Waals surface area (Å²) in [5.74, 6) is 2.90. The number of ether oxygens (including phenoxy) is 1. The maximum atomic E-state index is 12.1.